The molecule has 0 aliphatic heterocycles. The van der Waals surface area contributed by atoms with E-state index >= 15 is 0 Å². The molecule has 0 saturated heterocycles. The van der Waals surface area contributed by atoms with Gasteiger partial charge in [0, 0.05) is 30.8 Å². The first kappa shape index (κ1) is 29.1. The molecule has 40 heavy (non-hydrogen) atoms. The van der Waals surface area contributed by atoms with Gasteiger partial charge in [0.1, 0.15) is 6.17 Å². The summed E-state index contributed by atoms with van der Waals surface area (Å²) >= 11 is 1.10. The third-order valence-corrected chi connectivity index (χ3v) is 7.17. The SMILES string of the molecule is C=CC(=O)Nc1cccc(-n2c(NC(=O)c3ccc(C(C)F)s3)nc3cc(CNCCOCCOC)ccc32)c1. The second kappa shape index (κ2) is 13.9. The van der Waals surface area contributed by atoms with Gasteiger partial charge in [-0.25, -0.2) is 9.37 Å². The fourth-order valence-corrected chi connectivity index (χ4v) is 4.80. The van der Waals surface area contributed by atoms with Gasteiger partial charge in [0.05, 0.1) is 41.4 Å². The summed E-state index contributed by atoms with van der Waals surface area (Å²) in [6.07, 6.45) is 0.0355. The van der Waals surface area contributed by atoms with Gasteiger partial charge in [-0.15, -0.1) is 11.3 Å². The molecule has 210 valence electrons. The molecular weight excluding hydrogens is 533 g/mol. The van der Waals surface area contributed by atoms with Crippen molar-refractivity contribution in [1.82, 2.24) is 14.9 Å². The number of ether oxygens (including phenoxy) is 2. The maximum Gasteiger partial charge on any atom is 0.268 e. The molecule has 4 rings (SSSR count). The molecule has 2 aromatic heterocycles. The molecule has 3 N–H and O–H groups in total. The summed E-state index contributed by atoms with van der Waals surface area (Å²) in [5.41, 5.74) is 3.70. The summed E-state index contributed by atoms with van der Waals surface area (Å²) < 4.78 is 26.0. The van der Waals surface area contributed by atoms with Gasteiger partial charge < -0.3 is 20.1 Å². The Morgan fingerprint density at radius 1 is 1.12 bits per heavy atom. The minimum Gasteiger partial charge on any atom is -0.382 e. The lowest BCUT2D eigenvalue weighted by Gasteiger charge is -2.12. The quantitative estimate of drug-likeness (QED) is 0.143. The smallest absolute Gasteiger partial charge is 0.268 e. The minimum atomic E-state index is -1.16. The van der Waals surface area contributed by atoms with Crippen LogP contribution in [0.2, 0.25) is 0 Å². The number of rotatable bonds is 14. The van der Waals surface area contributed by atoms with Crippen molar-refractivity contribution in [2.24, 2.45) is 0 Å². The molecular formula is C29H32FN5O4S. The molecule has 9 nitrogen and oxygen atoms in total. The molecule has 1 atom stereocenters. The zero-order valence-electron chi connectivity index (χ0n) is 22.4. The maximum atomic E-state index is 13.7. The molecule has 0 aliphatic carbocycles. The average Bonchev–Trinajstić information content (AvgIpc) is 3.58. The normalized spacial score (nSPS) is 11.9. The van der Waals surface area contributed by atoms with E-state index < -0.39 is 6.17 Å². The third kappa shape index (κ3) is 7.39. The molecule has 0 radical (unpaired) electrons. The molecule has 2 amide bonds. The van der Waals surface area contributed by atoms with Gasteiger partial charge in [0.15, 0.2) is 0 Å². The Hall–Kier alpha value is -3.90. The molecule has 1 unspecified atom stereocenters. The largest absolute Gasteiger partial charge is 0.382 e. The Bertz CT molecular complexity index is 1480. The van der Waals surface area contributed by atoms with E-state index in [1.54, 1.807) is 37.4 Å². The Labute approximate surface area is 236 Å². The number of halogens is 1. The number of thiophene rings is 1. The Kier molecular flexibility index (Phi) is 10.1. The number of alkyl halides is 1. The molecule has 11 heteroatoms. The number of carbonyl (C=O) groups is 2. The van der Waals surface area contributed by atoms with Crippen LogP contribution in [0.1, 0.15) is 33.2 Å². The van der Waals surface area contributed by atoms with Crippen LogP contribution in [0.3, 0.4) is 0 Å². The number of nitrogens with one attached hydrogen (secondary N) is 3. The summed E-state index contributed by atoms with van der Waals surface area (Å²) in [6.45, 7) is 7.90. The molecule has 0 fully saturated rings. The lowest BCUT2D eigenvalue weighted by atomic mass is 10.2. The second-order valence-corrected chi connectivity index (χ2v) is 10.0. The van der Waals surface area contributed by atoms with Gasteiger partial charge >= 0.3 is 0 Å². The van der Waals surface area contributed by atoms with E-state index in [2.05, 4.69) is 22.5 Å². The number of methoxy groups -OCH3 is 1. The lowest BCUT2D eigenvalue weighted by molar-refractivity contribution is -0.111. The Morgan fingerprint density at radius 3 is 2.73 bits per heavy atom. The Morgan fingerprint density at radius 2 is 1.98 bits per heavy atom. The lowest BCUT2D eigenvalue weighted by Crippen LogP contribution is -2.20. The molecule has 0 spiro atoms. The van der Waals surface area contributed by atoms with Gasteiger partial charge in [-0.1, -0.05) is 18.7 Å². The predicted molar refractivity (Wildman–Crippen MR) is 156 cm³/mol. The molecule has 0 aliphatic rings. The Balaban J connectivity index is 1.62. The number of carbonyl (C=O) groups excluding carboxylic acids is 2. The van der Waals surface area contributed by atoms with Gasteiger partial charge in [0.2, 0.25) is 11.9 Å². The van der Waals surface area contributed by atoms with E-state index in [4.69, 9.17) is 14.5 Å². The summed E-state index contributed by atoms with van der Waals surface area (Å²) in [7, 11) is 1.64. The van der Waals surface area contributed by atoms with Crippen molar-refractivity contribution < 1.29 is 23.5 Å². The number of hydrogen-bond acceptors (Lipinski definition) is 7. The van der Waals surface area contributed by atoms with Gasteiger partial charge in [-0.2, -0.15) is 0 Å². The first-order valence-corrected chi connectivity index (χ1v) is 13.6. The van der Waals surface area contributed by atoms with E-state index in [0.717, 1.165) is 22.4 Å². The number of benzene rings is 2. The zero-order valence-corrected chi connectivity index (χ0v) is 23.2. The number of nitrogens with zero attached hydrogens (tertiary/aromatic N) is 2. The molecule has 2 aromatic carbocycles. The highest BCUT2D eigenvalue weighted by molar-refractivity contribution is 7.14. The van der Waals surface area contributed by atoms with Crippen molar-refractivity contribution in [1.29, 1.82) is 0 Å². The first-order valence-electron chi connectivity index (χ1n) is 12.8. The number of anilines is 2. The van der Waals surface area contributed by atoms with Crippen molar-refractivity contribution in [3.05, 3.63) is 82.6 Å². The molecule has 2 heterocycles. The molecule has 0 saturated carbocycles. The number of aromatic nitrogens is 2. The fraction of sp³-hybridized carbons (Fsp3) is 0.276. The van der Waals surface area contributed by atoms with Crippen molar-refractivity contribution in [2.75, 3.05) is 44.1 Å². The summed E-state index contributed by atoms with van der Waals surface area (Å²) in [4.78, 5) is 30.6. The first-order chi connectivity index (χ1) is 19.4. The highest BCUT2D eigenvalue weighted by Crippen LogP contribution is 2.29. The number of hydrogen-bond donors (Lipinski definition) is 3. The van der Waals surface area contributed by atoms with Gasteiger partial charge in [-0.3, -0.25) is 19.5 Å². The minimum absolute atomic E-state index is 0.298. The van der Waals surface area contributed by atoms with Crippen LogP contribution in [-0.4, -0.2) is 54.8 Å². The standard InChI is InChI=1S/C29H32FN5O4S/c1-4-27(36)32-21-6-5-7-22(17-21)35-24-9-8-20(18-31-12-13-39-15-14-38-3)16-23(24)33-29(35)34-28(37)26-11-10-25(40-26)19(2)30/h4-11,16-17,19,31H,1,12-15,18H2,2-3H3,(H,32,36)(H,33,34,37). The highest BCUT2D eigenvalue weighted by Gasteiger charge is 2.19. The predicted octanol–water partition coefficient (Wildman–Crippen LogP) is 5.25. The van der Waals surface area contributed by atoms with Crippen LogP contribution in [0.4, 0.5) is 16.0 Å². The highest BCUT2D eigenvalue weighted by atomic mass is 32.1. The van der Waals surface area contributed by atoms with Crippen LogP contribution in [0.5, 0.6) is 0 Å². The van der Waals surface area contributed by atoms with Crippen LogP contribution in [0.15, 0.2) is 67.3 Å². The molecule has 4 aromatic rings. The zero-order chi connectivity index (χ0) is 28.5. The second-order valence-electron chi connectivity index (χ2n) is 8.89. The molecule has 0 bridgehead atoms. The van der Waals surface area contributed by atoms with E-state index in [9.17, 15) is 14.0 Å². The number of fused-ring (bicyclic) bond motifs is 1. The van der Waals surface area contributed by atoms with Crippen LogP contribution in [0, 0.1) is 0 Å². The van der Waals surface area contributed by atoms with E-state index in [-0.39, 0.29) is 11.8 Å². The summed E-state index contributed by atoms with van der Waals surface area (Å²) in [5.74, 6) is -0.426. The van der Waals surface area contributed by atoms with Gasteiger partial charge in [-0.05, 0) is 61.0 Å². The van der Waals surface area contributed by atoms with Crippen LogP contribution in [0.25, 0.3) is 16.7 Å². The van der Waals surface area contributed by atoms with Crippen LogP contribution >= 0.6 is 11.3 Å². The fourth-order valence-electron chi connectivity index (χ4n) is 3.97. The van der Waals surface area contributed by atoms with Crippen molar-refractivity contribution >= 4 is 45.8 Å². The van der Waals surface area contributed by atoms with E-state index in [0.29, 0.717) is 65.5 Å². The summed E-state index contributed by atoms with van der Waals surface area (Å²) in [6, 6.07) is 16.3. The van der Waals surface area contributed by atoms with Crippen molar-refractivity contribution in [3.8, 4) is 5.69 Å². The number of amides is 2. The maximum absolute atomic E-state index is 13.7. The van der Waals surface area contributed by atoms with Crippen LogP contribution < -0.4 is 16.0 Å². The van der Waals surface area contributed by atoms with E-state index in [1.807, 2.05) is 28.8 Å². The third-order valence-electron chi connectivity index (χ3n) is 5.93. The van der Waals surface area contributed by atoms with E-state index in [1.165, 1.54) is 13.0 Å². The van der Waals surface area contributed by atoms with Crippen molar-refractivity contribution in [3.63, 3.8) is 0 Å². The number of imidazole rings is 1. The van der Waals surface area contributed by atoms with Crippen molar-refractivity contribution in [2.45, 2.75) is 19.6 Å². The topological polar surface area (TPSA) is 107 Å². The summed E-state index contributed by atoms with van der Waals surface area (Å²) in [5, 5.41) is 8.99. The van der Waals surface area contributed by atoms with Gasteiger partial charge in [0.25, 0.3) is 5.91 Å². The monoisotopic (exact) mass is 565 g/mol. The van der Waals surface area contributed by atoms with Crippen LogP contribution in [-0.2, 0) is 20.8 Å². The average molecular weight is 566 g/mol.